The summed E-state index contributed by atoms with van der Waals surface area (Å²) in [6.07, 6.45) is 5.07. The maximum atomic E-state index is 14.1. The number of ether oxygens (including phenoxy) is 1. The summed E-state index contributed by atoms with van der Waals surface area (Å²) in [5, 5.41) is 3.61. The quantitative estimate of drug-likeness (QED) is 0.299. The highest BCUT2D eigenvalue weighted by atomic mass is 35.5. The molecule has 1 atom stereocenters. The van der Waals surface area contributed by atoms with E-state index in [4.69, 9.17) is 16.3 Å². The second-order valence-electron chi connectivity index (χ2n) is 10.7. The topological polar surface area (TPSA) is 96.0 Å². The molecule has 1 aliphatic rings. The second-order valence-corrected chi connectivity index (χ2v) is 13.0. The summed E-state index contributed by atoms with van der Waals surface area (Å²) in [5.41, 5.74) is 1.93. The Balaban J connectivity index is 1.68. The number of nitrogens with zero attached hydrogens (tertiary/aromatic N) is 2. The van der Waals surface area contributed by atoms with Crippen LogP contribution in [0.3, 0.4) is 0 Å². The lowest BCUT2D eigenvalue weighted by Crippen LogP contribution is -2.53. The Labute approximate surface area is 253 Å². The smallest absolute Gasteiger partial charge is 0.264 e. The third-order valence-electron chi connectivity index (χ3n) is 7.61. The Morgan fingerprint density at radius 1 is 1.00 bits per heavy atom. The molecule has 3 aromatic rings. The normalized spacial score (nSPS) is 14.6. The molecule has 1 fully saturated rings. The maximum absolute atomic E-state index is 14.1. The Kier molecular flexibility index (Phi) is 10.5. The average Bonchev–Trinajstić information content (AvgIpc) is 2.99. The second kappa shape index (κ2) is 14.1. The minimum Gasteiger partial charge on any atom is -0.497 e. The summed E-state index contributed by atoms with van der Waals surface area (Å²) in [6.45, 7) is 3.12. The molecule has 0 saturated heterocycles. The van der Waals surface area contributed by atoms with E-state index in [2.05, 4.69) is 5.32 Å². The van der Waals surface area contributed by atoms with Gasteiger partial charge in [0.05, 0.1) is 17.7 Å². The number of halogens is 1. The summed E-state index contributed by atoms with van der Waals surface area (Å²) in [4.78, 5) is 29.0. The van der Waals surface area contributed by atoms with E-state index in [0.29, 0.717) is 16.5 Å². The Hall–Kier alpha value is -3.56. The lowest BCUT2D eigenvalue weighted by molar-refractivity contribution is -0.139. The predicted octanol–water partition coefficient (Wildman–Crippen LogP) is 5.72. The number of benzene rings is 3. The number of carbonyl (C=O) groups excluding carboxylic acids is 2. The van der Waals surface area contributed by atoms with Crippen LogP contribution in [0, 0.1) is 6.92 Å². The van der Waals surface area contributed by atoms with Crippen molar-refractivity contribution in [3.8, 4) is 5.75 Å². The molecular weight excluding hydrogens is 574 g/mol. The van der Waals surface area contributed by atoms with Crippen molar-refractivity contribution in [3.63, 3.8) is 0 Å². The van der Waals surface area contributed by atoms with E-state index in [1.165, 1.54) is 24.1 Å². The van der Waals surface area contributed by atoms with Crippen molar-refractivity contribution in [1.82, 2.24) is 10.2 Å². The van der Waals surface area contributed by atoms with Gasteiger partial charge in [-0.1, -0.05) is 60.7 Å². The van der Waals surface area contributed by atoms with E-state index in [1.54, 1.807) is 61.5 Å². The number of rotatable bonds is 11. The first-order chi connectivity index (χ1) is 20.1. The first-order valence-electron chi connectivity index (χ1n) is 14.2. The van der Waals surface area contributed by atoms with Crippen LogP contribution < -0.4 is 14.4 Å². The number of amides is 2. The fraction of sp³-hybridized carbons (Fsp3) is 0.375. The Bertz CT molecular complexity index is 1470. The molecule has 1 saturated carbocycles. The number of hydrogen-bond acceptors (Lipinski definition) is 5. The van der Waals surface area contributed by atoms with Crippen molar-refractivity contribution in [2.24, 2.45) is 0 Å². The molecule has 0 heterocycles. The minimum absolute atomic E-state index is 0.0567. The molecule has 0 aromatic heterocycles. The van der Waals surface area contributed by atoms with Gasteiger partial charge in [0.15, 0.2) is 0 Å². The summed E-state index contributed by atoms with van der Waals surface area (Å²) < 4.78 is 34.2. The van der Waals surface area contributed by atoms with Gasteiger partial charge in [0.1, 0.15) is 18.3 Å². The SMILES string of the molecule is COc1ccc(N(CC(=O)N(Cc2cccc(Cl)c2)C(C)C(=O)NC2CCCCC2)S(=O)(=O)c2ccc(C)cc2)cc1. The van der Waals surface area contributed by atoms with E-state index in [1.807, 2.05) is 13.0 Å². The molecule has 8 nitrogen and oxygen atoms in total. The highest BCUT2D eigenvalue weighted by molar-refractivity contribution is 7.92. The van der Waals surface area contributed by atoms with Gasteiger partial charge in [-0.15, -0.1) is 0 Å². The number of hydrogen-bond donors (Lipinski definition) is 1. The molecular formula is C32H38ClN3O5S. The lowest BCUT2D eigenvalue weighted by Gasteiger charge is -2.33. The van der Waals surface area contributed by atoms with E-state index >= 15 is 0 Å². The molecule has 1 N–H and O–H groups in total. The van der Waals surface area contributed by atoms with E-state index in [9.17, 15) is 18.0 Å². The Morgan fingerprint density at radius 3 is 2.29 bits per heavy atom. The molecule has 0 bridgehead atoms. The van der Waals surface area contributed by atoms with Crippen LogP contribution in [0.4, 0.5) is 5.69 Å². The number of nitrogens with one attached hydrogen (secondary N) is 1. The summed E-state index contributed by atoms with van der Waals surface area (Å²) in [5.74, 6) is -0.240. The monoisotopic (exact) mass is 611 g/mol. The van der Waals surface area contributed by atoms with E-state index in [0.717, 1.165) is 47.5 Å². The van der Waals surface area contributed by atoms with Gasteiger partial charge in [-0.25, -0.2) is 8.42 Å². The van der Waals surface area contributed by atoms with Gasteiger partial charge in [-0.05, 0) is 80.8 Å². The Morgan fingerprint density at radius 2 is 1.67 bits per heavy atom. The van der Waals surface area contributed by atoms with Crippen LogP contribution in [0.5, 0.6) is 5.75 Å². The van der Waals surface area contributed by atoms with E-state index in [-0.39, 0.29) is 23.4 Å². The lowest BCUT2D eigenvalue weighted by atomic mass is 9.95. The molecule has 10 heteroatoms. The largest absolute Gasteiger partial charge is 0.497 e. The van der Waals surface area contributed by atoms with Crippen molar-refractivity contribution in [3.05, 3.63) is 88.9 Å². The van der Waals surface area contributed by atoms with Gasteiger partial charge in [0.25, 0.3) is 10.0 Å². The van der Waals surface area contributed by atoms with Gasteiger partial charge >= 0.3 is 0 Å². The number of anilines is 1. The highest BCUT2D eigenvalue weighted by Gasteiger charge is 2.33. The number of sulfonamides is 1. The summed E-state index contributed by atoms with van der Waals surface area (Å²) in [6, 6.07) is 19.2. The molecule has 42 heavy (non-hydrogen) atoms. The molecule has 0 radical (unpaired) electrons. The summed E-state index contributed by atoms with van der Waals surface area (Å²) in [7, 11) is -2.62. The molecule has 2 amide bonds. The first kappa shape index (κ1) is 31.4. The van der Waals surface area contributed by atoms with Gasteiger partial charge in [0, 0.05) is 17.6 Å². The molecule has 1 aliphatic carbocycles. The van der Waals surface area contributed by atoms with Gasteiger partial charge in [-0.3, -0.25) is 13.9 Å². The maximum Gasteiger partial charge on any atom is 0.264 e. The van der Waals surface area contributed by atoms with Crippen LogP contribution in [-0.2, 0) is 26.2 Å². The molecule has 1 unspecified atom stereocenters. The molecule has 3 aromatic carbocycles. The summed E-state index contributed by atoms with van der Waals surface area (Å²) >= 11 is 6.23. The van der Waals surface area contributed by atoms with E-state index < -0.39 is 28.5 Å². The van der Waals surface area contributed by atoms with Gasteiger partial charge in [0.2, 0.25) is 11.8 Å². The van der Waals surface area contributed by atoms with Crippen LogP contribution in [0.25, 0.3) is 0 Å². The highest BCUT2D eigenvalue weighted by Crippen LogP contribution is 2.27. The van der Waals surface area contributed by atoms with Crippen molar-refractivity contribution >= 4 is 39.1 Å². The molecule has 0 spiro atoms. The molecule has 224 valence electrons. The zero-order valence-corrected chi connectivity index (χ0v) is 25.8. The average molecular weight is 612 g/mol. The number of aryl methyl sites for hydroxylation is 1. The minimum atomic E-state index is -4.14. The standard InChI is InChI=1S/C32H38ClN3O5S/c1-23-12-18-30(19-13-23)42(39,40)36(28-14-16-29(41-3)17-15-28)22-31(37)35(21-25-8-7-9-26(33)20-25)24(2)32(38)34-27-10-5-4-6-11-27/h7-9,12-20,24,27H,4-6,10-11,21-22H2,1-3H3,(H,34,38). The van der Waals surface area contributed by atoms with Crippen molar-refractivity contribution in [2.75, 3.05) is 18.0 Å². The van der Waals surface area contributed by atoms with Crippen LogP contribution in [0.15, 0.2) is 77.7 Å². The predicted molar refractivity (Wildman–Crippen MR) is 165 cm³/mol. The van der Waals surface area contributed by atoms with Crippen LogP contribution in [-0.4, -0.2) is 50.9 Å². The van der Waals surface area contributed by atoms with Gasteiger partial charge < -0.3 is 15.0 Å². The third kappa shape index (κ3) is 7.83. The van der Waals surface area contributed by atoms with Crippen molar-refractivity contribution in [1.29, 1.82) is 0 Å². The zero-order valence-electron chi connectivity index (χ0n) is 24.3. The fourth-order valence-electron chi connectivity index (χ4n) is 5.10. The number of methoxy groups -OCH3 is 1. The number of carbonyl (C=O) groups is 2. The zero-order chi connectivity index (χ0) is 30.3. The fourth-order valence-corrected chi connectivity index (χ4v) is 6.73. The third-order valence-corrected chi connectivity index (χ3v) is 9.63. The van der Waals surface area contributed by atoms with Crippen molar-refractivity contribution < 1.29 is 22.7 Å². The molecule has 0 aliphatic heterocycles. The van der Waals surface area contributed by atoms with Crippen LogP contribution in [0.2, 0.25) is 5.02 Å². The van der Waals surface area contributed by atoms with Crippen LogP contribution in [0.1, 0.15) is 50.2 Å². The van der Waals surface area contributed by atoms with Crippen molar-refractivity contribution in [2.45, 2.75) is 69.5 Å². The molecule has 4 rings (SSSR count). The van der Waals surface area contributed by atoms with Crippen LogP contribution >= 0.6 is 11.6 Å². The first-order valence-corrected chi connectivity index (χ1v) is 16.0. The van der Waals surface area contributed by atoms with Gasteiger partial charge in [-0.2, -0.15) is 0 Å².